The van der Waals surface area contributed by atoms with Crippen LogP contribution in [0.1, 0.15) is 6.92 Å². The van der Waals surface area contributed by atoms with Gasteiger partial charge in [0.2, 0.25) is 0 Å². The molecule has 0 unspecified atom stereocenters. The summed E-state index contributed by atoms with van der Waals surface area (Å²) in [7, 11) is 0. The van der Waals surface area contributed by atoms with E-state index in [1.54, 1.807) is 12.4 Å². The van der Waals surface area contributed by atoms with E-state index in [4.69, 9.17) is 10.6 Å². The minimum absolute atomic E-state index is 0.505. The molecule has 2 rings (SSSR count). The van der Waals surface area contributed by atoms with E-state index in [1.165, 1.54) is 0 Å². The summed E-state index contributed by atoms with van der Waals surface area (Å²) < 4.78 is 5.37. The molecule has 6 nitrogen and oxygen atoms in total. The molecule has 0 aliphatic heterocycles. The Labute approximate surface area is 105 Å². The number of nitrogens with one attached hydrogen (secondary N) is 2. The number of ether oxygens (including phenoxy) is 1. The highest BCUT2D eigenvalue weighted by Gasteiger charge is 1.99. The summed E-state index contributed by atoms with van der Waals surface area (Å²) in [4.78, 5) is 8.21. The molecular weight excluding hydrogens is 230 g/mol. The monoisotopic (exact) mass is 245 g/mol. The highest BCUT2D eigenvalue weighted by atomic mass is 16.5. The van der Waals surface area contributed by atoms with Gasteiger partial charge in [-0.15, -0.1) is 0 Å². The third-order valence-corrected chi connectivity index (χ3v) is 2.22. The summed E-state index contributed by atoms with van der Waals surface area (Å²) in [5.74, 6) is 7.23. The number of nitrogen functional groups attached to an aromatic ring is 1. The van der Waals surface area contributed by atoms with E-state index in [9.17, 15) is 0 Å². The number of rotatable bonds is 5. The normalized spacial score (nSPS) is 9.89. The maximum absolute atomic E-state index is 5.37. The second-order valence-electron chi connectivity index (χ2n) is 3.52. The molecule has 0 aliphatic carbocycles. The van der Waals surface area contributed by atoms with E-state index >= 15 is 0 Å². The zero-order valence-corrected chi connectivity index (χ0v) is 10.1. The molecule has 6 heteroatoms. The number of benzene rings is 1. The summed E-state index contributed by atoms with van der Waals surface area (Å²) in [6.45, 7) is 2.61. The van der Waals surface area contributed by atoms with Crippen LogP contribution in [-0.4, -0.2) is 16.6 Å². The van der Waals surface area contributed by atoms with Gasteiger partial charge in [-0.25, -0.2) is 10.8 Å². The highest BCUT2D eigenvalue weighted by Crippen LogP contribution is 2.19. The minimum atomic E-state index is 0.505. The first-order valence-electron chi connectivity index (χ1n) is 5.60. The van der Waals surface area contributed by atoms with Crippen LogP contribution in [0.15, 0.2) is 36.7 Å². The Balaban J connectivity index is 2.08. The smallest absolute Gasteiger partial charge is 0.160 e. The molecule has 0 amide bonds. The Bertz CT molecular complexity index is 500. The van der Waals surface area contributed by atoms with Crippen LogP contribution in [0.3, 0.4) is 0 Å². The molecule has 0 saturated carbocycles. The van der Waals surface area contributed by atoms with Crippen molar-refractivity contribution < 1.29 is 4.74 Å². The molecule has 0 aliphatic rings. The molecule has 0 saturated heterocycles. The van der Waals surface area contributed by atoms with Gasteiger partial charge >= 0.3 is 0 Å². The standard InChI is InChI=1S/C12H15N5O/c1-2-18-10-5-3-9(4-6-10)15-11-7-14-8-12(16-11)17-13/h3-8H,2,13H2,1H3,(H2,15,16,17). The molecule has 94 valence electrons. The molecule has 0 atom stereocenters. The van der Waals surface area contributed by atoms with Gasteiger partial charge in [-0.1, -0.05) is 0 Å². The van der Waals surface area contributed by atoms with Crippen molar-refractivity contribution in [2.45, 2.75) is 6.92 Å². The van der Waals surface area contributed by atoms with Gasteiger partial charge in [-0.2, -0.15) is 0 Å². The van der Waals surface area contributed by atoms with Gasteiger partial charge in [0.1, 0.15) is 5.75 Å². The Morgan fingerprint density at radius 3 is 2.56 bits per heavy atom. The van der Waals surface area contributed by atoms with Crippen molar-refractivity contribution in [2.24, 2.45) is 5.84 Å². The Morgan fingerprint density at radius 2 is 1.89 bits per heavy atom. The van der Waals surface area contributed by atoms with Crippen molar-refractivity contribution in [3.8, 4) is 5.75 Å². The van der Waals surface area contributed by atoms with Crippen molar-refractivity contribution in [2.75, 3.05) is 17.3 Å². The van der Waals surface area contributed by atoms with Gasteiger partial charge in [0, 0.05) is 5.69 Å². The van der Waals surface area contributed by atoms with E-state index in [1.807, 2.05) is 31.2 Å². The van der Waals surface area contributed by atoms with E-state index in [-0.39, 0.29) is 0 Å². The van der Waals surface area contributed by atoms with Crippen LogP contribution in [0.5, 0.6) is 5.75 Å². The quantitative estimate of drug-likeness (QED) is 0.551. The number of aromatic nitrogens is 2. The lowest BCUT2D eigenvalue weighted by molar-refractivity contribution is 0.340. The average molecular weight is 245 g/mol. The van der Waals surface area contributed by atoms with E-state index in [0.717, 1.165) is 11.4 Å². The van der Waals surface area contributed by atoms with E-state index in [2.05, 4.69) is 20.7 Å². The van der Waals surface area contributed by atoms with Gasteiger partial charge < -0.3 is 15.5 Å². The van der Waals surface area contributed by atoms with Gasteiger partial charge in [0.05, 0.1) is 19.0 Å². The number of hydrazine groups is 1. The Morgan fingerprint density at radius 1 is 1.17 bits per heavy atom. The molecule has 1 aromatic heterocycles. The number of hydrogen-bond acceptors (Lipinski definition) is 6. The van der Waals surface area contributed by atoms with Gasteiger partial charge in [-0.05, 0) is 31.2 Å². The first-order valence-corrected chi connectivity index (χ1v) is 5.60. The molecule has 2 aromatic rings. The summed E-state index contributed by atoms with van der Waals surface area (Å²) in [5.41, 5.74) is 3.35. The third kappa shape index (κ3) is 3.08. The number of anilines is 3. The lowest BCUT2D eigenvalue weighted by Crippen LogP contribution is -2.09. The fourth-order valence-corrected chi connectivity index (χ4v) is 1.44. The van der Waals surface area contributed by atoms with Crippen LogP contribution in [0.4, 0.5) is 17.3 Å². The molecule has 1 heterocycles. The van der Waals surface area contributed by atoms with Crippen molar-refractivity contribution in [3.05, 3.63) is 36.7 Å². The molecular formula is C12H15N5O. The largest absolute Gasteiger partial charge is 0.494 e. The van der Waals surface area contributed by atoms with Gasteiger partial charge in [-0.3, -0.25) is 4.98 Å². The average Bonchev–Trinajstić information content (AvgIpc) is 2.42. The van der Waals surface area contributed by atoms with E-state index < -0.39 is 0 Å². The number of nitrogens with two attached hydrogens (primary N) is 1. The zero-order chi connectivity index (χ0) is 12.8. The highest BCUT2D eigenvalue weighted by molar-refractivity contribution is 5.57. The van der Waals surface area contributed by atoms with Crippen molar-refractivity contribution in [1.82, 2.24) is 9.97 Å². The summed E-state index contributed by atoms with van der Waals surface area (Å²) >= 11 is 0. The molecule has 0 fully saturated rings. The maximum atomic E-state index is 5.37. The van der Waals surface area contributed by atoms with Crippen molar-refractivity contribution >= 4 is 17.3 Å². The predicted octanol–water partition coefficient (Wildman–Crippen LogP) is 1.90. The van der Waals surface area contributed by atoms with Crippen LogP contribution in [0, 0.1) is 0 Å². The van der Waals surface area contributed by atoms with Gasteiger partial charge in [0.15, 0.2) is 11.6 Å². The second kappa shape index (κ2) is 5.83. The maximum Gasteiger partial charge on any atom is 0.160 e. The summed E-state index contributed by atoms with van der Waals surface area (Å²) in [6.07, 6.45) is 3.17. The molecule has 0 bridgehead atoms. The lowest BCUT2D eigenvalue weighted by Gasteiger charge is -2.08. The molecule has 4 N–H and O–H groups in total. The molecule has 0 radical (unpaired) electrons. The Hall–Kier alpha value is -2.34. The van der Waals surface area contributed by atoms with Crippen LogP contribution in [0.2, 0.25) is 0 Å². The number of nitrogens with zero attached hydrogens (tertiary/aromatic N) is 2. The zero-order valence-electron chi connectivity index (χ0n) is 10.1. The predicted molar refractivity (Wildman–Crippen MR) is 70.7 cm³/mol. The van der Waals surface area contributed by atoms with Crippen LogP contribution in [-0.2, 0) is 0 Å². The van der Waals surface area contributed by atoms with Gasteiger partial charge in [0.25, 0.3) is 0 Å². The van der Waals surface area contributed by atoms with Crippen molar-refractivity contribution in [1.29, 1.82) is 0 Å². The summed E-state index contributed by atoms with van der Waals surface area (Å²) in [6, 6.07) is 7.61. The van der Waals surface area contributed by atoms with E-state index in [0.29, 0.717) is 18.2 Å². The fourth-order valence-electron chi connectivity index (χ4n) is 1.44. The topological polar surface area (TPSA) is 85.1 Å². The molecule has 18 heavy (non-hydrogen) atoms. The lowest BCUT2D eigenvalue weighted by atomic mass is 10.3. The minimum Gasteiger partial charge on any atom is -0.494 e. The molecule has 1 aromatic carbocycles. The third-order valence-electron chi connectivity index (χ3n) is 2.22. The first-order chi connectivity index (χ1) is 8.81. The van der Waals surface area contributed by atoms with Crippen LogP contribution >= 0.6 is 0 Å². The SMILES string of the molecule is CCOc1ccc(Nc2cncc(NN)n2)cc1. The molecule has 0 spiro atoms. The van der Waals surface area contributed by atoms with Crippen LogP contribution < -0.4 is 21.3 Å². The van der Waals surface area contributed by atoms with Crippen molar-refractivity contribution in [3.63, 3.8) is 0 Å². The summed E-state index contributed by atoms with van der Waals surface area (Å²) in [5, 5.41) is 3.12. The fraction of sp³-hybridized carbons (Fsp3) is 0.167. The number of hydrogen-bond donors (Lipinski definition) is 3. The first kappa shape index (κ1) is 12.1. The van der Waals surface area contributed by atoms with Crippen LogP contribution in [0.25, 0.3) is 0 Å². The Kier molecular flexibility index (Phi) is 3.93. The second-order valence-corrected chi connectivity index (χ2v) is 3.52.